The summed E-state index contributed by atoms with van der Waals surface area (Å²) >= 11 is 0. The van der Waals surface area contributed by atoms with Gasteiger partial charge in [0.2, 0.25) is 0 Å². The second-order valence-electron chi connectivity index (χ2n) is 5.90. The Morgan fingerprint density at radius 1 is 1.40 bits per heavy atom. The molecular weight excluding hydrogens is 182 g/mol. The maximum absolute atomic E-state index is 3.89. The van der Waals surface area contributed by atoms with Crippen LogP contribution in [-0.2, 0) is 0 Å². The Morgan fingerprint density at radius 3 is 2.60 bits per heavy atom. The molecule has 3 atom stereocenters. The zero-order valence-electron chi connectivity index (χ0n) is 10.8. The number of rotatable bonds is 4. The first-order chi connectivity index (χ1) is 7.01. The number of nitrogens with one attached hydrogen (secondary N) is 1. The molecule has 0 amide bonds. The lowest BCUT2D eigenvalue weighted by atomic mass is 9.65. The van der Waals surface area contributed by atoms with E-state index >= 15 is 0 Å². The van der Waals surface area contributed by atoms with Gasteiger partial charge in [-0.15, -0.1) is 6.58 Å². The van der Waals surface area contributed by atoms with Gasteiger partial charge in [-0.1, -0.05) is 33.3 Å². The lowest BCUT2D eigenvalue weighted by molar-refractivity contribution is 0.100. The highest BCUT2D eigenvalue weighted by Gasteiger charge is 2.37. The molecular formula is C14H27N. The molecule has 3 unspecified atom stereocenters. The van der Waals surface area contributed by atoms with Gasteiger partial charge >= 0.3 is 0 Å². The molecule has 0 saturated heterocycles. The average molecular weight is 209 g/mol. The van der Waals surface area contributed by atoms with Crippen molar-refractivity contribution in [2.75, 3.05) is 7.05 Å². The molecule has 1 saturated carbocycles. The van der Waals surface area contributed by atoms with E-state index in [1.807, 2.05) is 0 Å². The molecule has 0 heterocycles. The first-order valence-corrected chi connectivity index (χ1v) is 6.29. The summed E-state index contributed by atoms with van der Waals surface area (Å²) in [6, 6.07) is 0.698. The second kappa shape index (κ2) is 5.16. The summed E-state index contributed by atoms with van der Waals surface area (Å²) in [5.74, 6) is 1.69. The third-order valence-corrected chi connectivity index (χ3v) is 4.16. The minimum Gasteiger partial charge on any atom is -0.317 e. The second-order valence-corrected chi connectivity index (χ2v) is 5.90. The van der Waals surface area contributed by atoms with E-state index in [0.29, 0.717) is 11.5 Å². The lowest BCUT2D eigenvalue weighted by Gasteiger charge is -2.44. The first kappa shape index (κ1) is 12.8. The van der Waals surface area contributed by atoms with Gasteiger partial charge in [-0.25, -0.2) is 0 Å². The summed E-state index contributed by atoms with van der Waals surface area (Å²) in [7, 11) is 2.11. The van der Waals surface area contributed by atoms with E-state index in [0.717, 1.165) is 18.3 Å². The lowest BCUT2D eigenvalue weighted by Crippen LogP contribution is -2.45. The number of hydrogen-bond acceptors (Lipinski definition) is 1. The quantitative estimate of drug-likeness (QED) is 0.697. The summed E-state index contributed by atoms with van der Waals surface area (Å²) in [4.78, 5) is 0. The smallest absolute Gasteiger partial charge is 0.0100 e. The van der Waals surface area contributed by atoms with E-state index in [9.17, 15) is 0 Å². The highest BCUT2D eigenvalue weighted by atomic mass is 14.9. The highest BCUT2D eigenvalue weighted by Crippen LogP contribution is 2.42. The van der Waals surface area contributed by atoms with Crippen molar-refractivity contribution in [2.24, 2.45) is 17.3 Å². The van der Waals surface area contributed by atoms with Gasteiger partial charge in [-0.3, -0.25) is 0 Å². The zero-order chi connectivity index (χ0) is 11.5. The van der Waals surface area contributed by atoms with Crippen molar-refractivity contribution in [3.05, 3.63) is 12.7 Å². The van der Waals surface area contributed by atoms with Crippen LogP contribution in [0.4, 0.5) is 0 Å². The van der Waals surface area contributed by atoms with Crippen molar-refractivity contribution in [2.45, 2.75) is 52.5 Å². The van der Waals surface area contributed by atoms with E-state index < -0.39 is 0 Å². The van der Waals surface area contributed by atoms with Gasteiger partial charge < -0.3 is 5.32 Å². The van der Waals surface area contributed by atoms with Gasteiger partial charge in [0, 0.05) is 6.04 Å². The molecule has 0 aromatic rings. The highest BCUT2D eigenvalue weighted by molar-refractivity contribution is 4.94. The predicted octanol–water partition coefficient (Wildman–Crippen LogP) is 3.61. The Balaban J connectivity index is 2.69. The van der Waals surface area contributed by atoms with Crippen molar-refractivity contribution in [1.82, 2.24) is 5.32 Å². The van der Waals surface area contributed by atoms with Crippen LogP contribution in [0.15, 0.2) is 12.7 Å². The number of hydrogen-bond donors (Lipinski definition) is 1. The molecule has 0 spiro atoms. The van der Waals surface area contributed by atoms with Crippen LogP contribution in [-0.4, -0.2) is 13.1 Å². The van der Waals surface area contributed by atoms with Crippen LogP contribution in [0, 0.1) is 17.3 Å². The number of allylic oxidation sites excluding steroid dienone is 1. The largest absolute Gasteiger partial charge is 0.317 e. The summed E-state index contributed by atoms with van der Waals surface area (Å²) in [6.07, 6.45) is 7.30. The van der Waals surface area contributed by atoms with Crippen molar-refractivity contribution >= 4 is 0 Å². The molecule has 1 N–H and O–H groups in total. The summed E-state index contributed by atoms with van der Waals surface area (Å²) < 4.78 is 0. The van der Waals surface area contributed by atoms with Crippen LogP contribution in [0.5, 0.6) is 0 Å². The van der Waals surface area contributed by atoms with E-state index in [-0.39, 0.29) is 0 Å². The van der Waals surface area contributed by atoms with Gasteiger partial charge in [0.05, 0.1) is 0 Å². The van der Waals surface area contributed by atoms with E-state index in [4.69, 9.17) is 0 Å². The maximum Gasteiger partial charge on any atom is 0.0100 e. The minimum absolute atomic E-state index is 0.398. The molecule has 0 radical (unpaired) electrons. The molecule has 1 nitrogen and oxygen atoms in total. The molecule has 1 heteroatoms. The molecule has 0 bridgehead atoms. The summed E-state index contributed by atoms with van der Waals surface area (Å²) in [5, 5.41) is 3.51. The van der Waals surface area contributed by atoms with Crippen LogP contribution in [0.1, 0.15) is 46.5 Å². The Labute approximate surface area is 95.3 Å². The standard InChI is InChI=1S/C14H27N/c1-6-9-14(3,4)12-8-7-11(2)10-13(12)15-5/h6,11-13,15H,1,7-10H2,2-5H3. The van der Waals surface area contributed by atoms with Gasteiger partial charge in [0.1, 0.15) is 0 Å². The molecule has 15 heavy (non-hydrogen) atoms. The van der Waals surface area contributed by atoms with Crippen molar-refractivity contribution in [3.8, 4) is 0 Å². The first-order valence-electron chi connectivity index (χ1n) is 6.29. The topological polar surface area (TPSA) is 12.0 Å². The molecule has 1 aliphatic carbocycles. The average Bonchev–Trinajstić information content (AvgIpc) is 2.17. The van der Waals surface area contributed by atoms with E-state index in [2.05, 4.69) is 45.8 Å². The van der Waals surface area contributed by atoms with Crippen LogP contribution in [0.2, 0.25) is 0 Å². The van der Waals surface area contributed by atoms with Crippen LogP contribution in [0.3, 0.4) is 0 Å². The van der Waals surface area contributed by atoms with Crippen molar-refractivity contribution < 1.29 is 0 Å². The van der Waals surface area contributed by atoms with E-state index in [1.165, 1.54) is 19.3 Å². The predicted molar refractivity (Wildman–Crippen MR) is 67.9 cm³/mol. The Hall–Kier alpha value is -0.300. The van der Waals surface area contributed by atoms with Gasteiger partial charge in [-0.2, -0.15) is 0 Å². The molecule has 0 aliphatic heterocycles. The zero-order valence-corrected chi connectivity index (χ0v) is 10.8. The summed E-state index contributed by atoms with van der Waals surface area (Å²) in [6.45, 7) is 11.0. The van der Waals surface area contributed by atoms with Crippen LogP contribution < -0.4 is 5.32 Å². The molecule has 1 rings (SSSR count). The fraction of sp³-hybridized carbons (Fsp3) is 0.857. The third-order valence-electron chi connectivity index (χ3n) is 4.16. The Kier molecular flexibility index (Phi) is 4.39. The molecule has 0 aromatic heterocycles. The summed E-state index contributed by atoms with van der Waals surface area (Å²) in [5.41, 5.74) is 0.398. The minimum atomic E-state index is 0.398. The fourth-order valence-corrected chi connectivity index (χ4v) is 3.16. The third kappa shape index (κ3) is 3.07. The fourth-order valence-electron chi connectivity index (χ4n) is 3.16. The van der Waals surface area contributed by atoms with Crippen molar-refractivity contribution in [1.29, 1.82) is 0 Å². The monoisotopic (exact) mass is 209 g/mol. The SMILES string of the molecule is C=CCC(C)(C)C1CCC(C)CC1NC. The molecule has 1 aliphatic rings. The van der Waals surface area contributed by atoms with Gasteiger partial charge in [0.25, 0.3) is 0 Å². The van der Waals surface area contributed by atoms with Crippen molar-refractivity contribution in [3.63, 3.8) is 0 Å². The maximum atomic E-state index is 3.89. The van der Waals surface area contributed by atoms with Gasteiger partial charge in [-0.05, 0) is 43.6 Å². The molecule has 0 aromatic carbocycles. The Morgan fingerprint density at radius 2 is 2.07 bits per heavy atom. The van der Waals surface area contributed by atoms with Crippen LogP contribution in [0.25, 0.3) is 0 Å². The molecule has 1 fully saturated rings. The molecule has 88 valence electrons. The van der Waals surface area contributed by atoms with Gasteiger partial charge in [0.15, 0.2) is 0 Å². The van der Waals surface area contributed by atoms with Crippen LogP contribution >= 0.6 is 0 Å². The Bertz CT molecular complexity index is 207. The normalized spacial score (nSPS) is 32.7. The van der Waals surface area contributed by atoms with E-state index in [1.54, 1.807) is 0 Å².